The van der Waals surface area contributed by atoms with Gasteiger partial charge in [-0.3, -0.25) is 0 Å². The van der Waals surface area contributed by atoms with Crippen LogP contribution >= 0.6 is 0 Å². The molecule has 12 N–H and O–H groups in total. The van der Waals surface area contributed by atoms with E-state index in [1.165, 1.54) is 0 Å². The lowest BCUT2D eigenvalue weighted by Crippen LogP contribution is -2.65. The van der Waals surface area contributed by atoms with Gasteiger partial charge in [-0.15, -0.1) is 0 Å². The maximum atomic E-state index is 12.1. The van der Waals surface area contributed by atoms with Crippen molar-refractivity contribution < 1.29 is 94.4 Å². The van der Waals surface area contributed by atoms with Crippen molar-refractivity contribution in [3.63, 3.8) is 0 Å². The smallest absolute Gasteiger partial charge is 0.187 e. The molecule has 4 saturated heterocycles. The molecule has 0 aromatic rings. The first-order valence-corrected chi connectivity index (χ1v) is 23.9. The first kappa shape index (κ1) is 49.7. The van der Waals surface area contributed by atoms with Crippen LogP contribution in [0.3, 0.4) is 0 Å². The summed E-state index contributed by atoms with van der Waals surface area (Å²) in [6.45, 7) is 7.28. The van der Waals surface area contributed by atoms with Crippen LogP contribution in [0.2, 0.25) is 0 Å². The monoisotopic (exact) mass is 920 g/mol. The molecule has 0 spiro atoms. The van der Waals surface area contributed by atoms with Gasteiger partial charge >= 0.3 is 0 Å². The standard InChI is InChI=1S/C45H76O19/c1-19(18-58-40-37(55)34(52)31(49)27(15-46)60-40)7-12-45(57)20(2)30-26(64-45)14-25-23-6-5-21-13-22(8-10-43(21,3)24(23)9-11-44(25,30)4)59-42-39(36(54)33(51)29(17-48)62-42)63-41-38(56)35(53)32(50)28(16-47)61-41/h19-42,46-57H,5-18H2,1-4H3/t19-,20-,21+,22-,23+,24-,25-,26-,27+,28+,29+,30-,31+,32+,33-,34-,35-,36-,37+,38+,39+,40+,41-,42+,43-,44-,45?/m1/s1. The van der Waals surface area contributed by atoms with Gasteiger partial charge in [0.2, 0.25) is 0 Å². The Bertz CT molecular complexity index is 1560. The zero-order valence-electron chi connectivity index (χ0n) is 37.5. The van der Waals surface area contributed by atoms with Gasteiger partial charge in [-0.1, -0.05) is 27.7 Å². The Morgan fingerprint density at radius 3 is 1.84 bits per heavy atom. The number of hydrogen-bond donors (Lipinski definition) is 12. The van der Waals surface area contributed by atoms with E-state index in [0.717, 1.165) is 44.9 Å². The Labute approximate surface area is 374 Å². The summed E-state index contributed by atoms with van der Waals surface area (Å²) in [7, 11) is 0. The molecule has 27 atom stereocenters. The zero-order chi connectivity index (χ0) is 46.2. The Morgan fingerprint density at radius 2 is 1.20 bits per heavy atom. The lowest BCUT2D eigenvalue weighted by molar-refractivity contribution is -0.373. The number of ether oxygens (including phenoxy) is 7. The summed E-state index contributed by atoms with van der Waals surface area (Å²) in [6, 6.07) is 0. The second-order valence-corrected chi connectivity index (χ2v) is 21.5. The van der Waals surface area contributed by atoms with Crippen LogP contribution in [0.4, 0.5) is 0 Å². The second-order valence-electron chi connectivity index (χ2n) is 21.5. The van der Waals surface area contributed by atoms with Crippen LogP contribution in [-0.4, -0.2) is 198 Å². The summed E-state index contributed by atoms with van der Waals surface area (Å²) in [6.07, 6.45) is -13.7. The van der Waals surface area contributed by atoms with Gasteiger partial charge in [0.15, 0.2) is 24.7 Å². The van der Waals surface area contributed by atoms with Crippen molar-refractivity contribution in [1.29, 1.82) is 0 Å². The number of rotatable bonds is 13. The predicted molar refractivity (Wildman–Crippen MR) is 219 cm³/mol. The van der Waals surface area contributed by atoms with E-state index in [1.54, 1.807) is 0 Å². The molecule has 4 aliphatic carbocycles. The highest BCUT2D eigenvalue weighted by atomic mass is 16.8. The Hall–Kier alpha value is -0.760. The Balaban J connectivity index is 0.869. The number of fused-ring (bicyclic) bond motifs is 7. The molecule has 4 saturated carbocycles. The van der Waals surface area contributed by atoms with Crippen LogP contribution in [0.5, 0.6) is 0 Å². The van der Waals surface area contributed by atoms with Crippen LogP contribution < -0.4 is 0 Å². The van der Waals surface area contributed by atoms with Gasteiger partial charge in [0, 0.05) is 12.3 Å². The second kappa shape index (κ2) is 19.2. The minimum Gasteiger partial charge on any atom is -0.394 e. The van der Waals surface area contributed by atoms with E-state index >= 15 is 0 Å². The zero-order valence-corrected chi connectivity index (χ0v) is 37.5. The molecule has 19 nitrogen and oxygen atoms in total. The average Bonchev–Trinajstić information content (AvgIpc) is 3.71. The van der Waals surface area contributed by atoms with E-state index in [1.807, 2.05) is 6.92 Å². The topological polar surface area (TPSA) is 307 Å². The summed E-state index contributed by atoms with van der Waals surface area (Å²) in [5.74, 6) is 0.532. The van der Waals surface area contributed by atoms with Gasteiger partial charge in [-0.2, -0.15) is 0 Å². The molecule has 0 aromatic carbocycles. The predicted octanol–water partition coefficient (Wildman–Crippen LogP) is -1.78. The van der Waals surface area contributed by atoms with Gasteiger partial charge in [0.05, 0.1) is 38.6 Å². The van der Waals surface area contributed by atoms with Crippen LogP contribution in [0, 0.1) is 52.3 Å². The van der Waals surface area contributed by atoms with Crippen LogP contribution in [0.1, 0.15) is 91.9 Å². The fourth-order valence-electron chi connectivity index (χ4n) is 14.2. The van der Waals surface area contributed by atoms with Gasteiger partial charge in [0.25, 0.3) is 0 Å². The average molecular weight is 921 g/mol. The molecule has 0 aromatic heterocycles. The molecular formula is C45H76O19. The molecule has 8 aliphatic rings. The van der Waals surface area contributed by atoms with Crippen molar-refractivity contribution in [3.8, 4) is 0 Å². The van der Waals surface area contributed by atoms with Crippen LogP contribution in [0.15, 0.2) is 0 Å². The van der Waals surface area contributed by atoms with Crippen LogP contribution in [0.25, 0.3) is 0 Å². The summed E-state index contributed by atoms with van der Waals surface area (Å²) < 4.78 is 42.0. The first-order valence-electron chi connectivity index (χ1n) is 23.9. The normalized spacial score (nSPS) is 55.6. The fourth-order valence-corrected chi connectivity index (χ4v) is 14.2. The molecule has 0 amide bonds. The quantitative estimate of drug-likeness (QED) is 0.0909. The lowest BCUT2D eigenvalue weighted by Gasteiger charge is -2.61. The summed E-state index contributed by atoms with van der Waals surface area (Å²) in [5.41, 5.74) is 0.0475. The van der Waals surface area contributed by atoms with E-state index in [2.05, 4.69) is 20.8 Å². The van der Waals surface area contributed by atoms with Crippen molar-refractivity contribution in [2.45, 2.75) is 202 Å². The molecule has 8 fully saturated rings. The van der Waals surface area contributed by atoms with Crippen LogP contribution in [-0.2, 0) is 33.2 Å². The Morgan fingerprint density at radius 1 is 0.625 bits per heavy atom. The van der Waals surface area contributed by atoms with Crippen molar-refractivity contribution >= 4 is 0 Å². The summed E-state index contributed by atoms with van der Waals surface area (Å²) in [4.78, 5) is 0. The van der Waals surface area contributed by atoms with Gasteiger partial charge in [0.1, 0.15) is 73.2 Å². The van der Waals surface area contributed by atoms with Gasteiger partial charge in [-0.05, 0) is 104 Å². The molecule has 64 heavy (non-hydrogen) atoms. The molecule has 1 unspecified atom stereocenters. The number of hydrogen-bond acceptors (Lipinski definition) is 19. The highest BCUT2D eigenvalue weighted by molar-refractivity contribution is 5.15. The van der Waals surface area contributed by atoms with E-state index in [-0.39, 0.29) is 47.4 Å². The van der Waals surface area contributed by atoms with E-state index < -0.39 is 118 Å². The maximum Gasteiger partial charge on any atom is 0.187 e. The summed E-state index contributed by atoms with van der Waals surface area (Å²) in [5, 5.41) is 125. The van der Waals surface area contributed by atoms with Crippen molar-refractivity contribution in [1.82, 2.24) is 0 Å². The van der Waals surface area contributed by atoms with Gasteiger partial charge in [-0.25, -0.2) is 0 Å². The van der Waals surface area contributed by atoms with Crippen molar-refractivity contribution in [3.05, 3.63) is 0 Å². The SMILES string of the molecule is C[C@H](CCC1(O)O[C@@H]2C[C@@H]3[C@H]4CC[C@H]5C[C@H](O[C@H]6O[C@@H](CO)[C@@H](O)[C@@H](O)[C@@H]6O[C@H]6O[C@@H](CO)[C@H](O)[C@@H](O)[C@@H]6O)CC[C@@]5(C)[C@@H]4CC[C@@]3(C)[C@@H]2[C@H]1C)CO[C@H]1O[C@@H](CO)[C@H](O)[C@@H](O)[C@@H]1O. The molecular weight excluding hydrogens is 844 g/mol. The third-order valence-electron chi connectivity index (χ3n) is 18.0. The Kier molecular flexibility index (Phi) is 14.9. The lowest BCUT2D eigenvalue weighted by atomic mass is 9.44. The highest BCUT2D eigenvalue weighted by Gasteiger charge is 2.68. The molecule has 0 bridgehead atoms. The molecule has 4 aliphatic heterocycles. The maximum absolute atomic E-state index is 12.1. The fraction of sp³-hybridized carbons (Fsp3) is 1.00. The molecule has 19 heteroatoms. The van der Waals surface area contributed by atoms with Gasteiger partial charge < -0.3 is 94.4 Å². The molecule has 8 rings (SSSR count). The minimum atomic E-state index is -1.75. The third-order valence-corrected chi connectivity index (χ3v) is 18.0. The molecule has 0 radical (unpaired) electrons. The van der Waals surface area contributed by atoms with E-state index in [4.69, 9.17) is 33.2 Å². The summed E-state index contributed by atoms with van der Waals surface area (Å²) >= 11 is 0. The largest absolute Gasteiger partial charge is 0.394 e. The number of aliphatic hydroxyl groups is 12. The number of aliphatic hydroxyl groups excluding tert-OH is 11. The highest BCUT2D eigenvalue weighted by Crippen LogP contribution is 2.71. The molecule has 4 heterocycles. The molecule has 370 valence electrons. The van der Waals surface area contributed by atoms with E-state index in [9.17, 15) is 61.3 Å². The van der Waals surface area contributed by atoms with E-state index in [0.29, 0.717) is 42.9 Å². The third kappa shape index (κ3) is 8.65. The van der Waals surface area contributed by atoms with Crippen molar-refractivity contribution in [2.24, 2.45) is 52.3 Å². The minimum absolute atomic E-state index is 0.00000712. The first-order chi connectivity index (χ1) is 30.3. The van der Waals surface area contributed by atoms with Crippen molar-refractivity contribution in [2.75, 3.05) is 26.4 Å².